The van der Waals surface area contributed by atoms with Gasteiger partial charge in [0.25, 0.3) is 0 Å². The van der Waals surface area contributed by atoms with E-state index in [2.05, 4.69) is 5.32 Å². The Labute approximate surface area is 108 Å². The van der Waals surface area contributed by atoms with E-state index in [1.54, 1.807) is 6.07 Å². The van der Waals surface area contributed by atoms with Crippen molar-refractivity contribution in [2.75, 3.05) is 13.7 Å². The Bertz CT molecular complexity index is 438. The molecular formula is C15H20FNO. The lowest BCUT2D eigenvalue weighted by molar-refractivity contribution is 0.379. The van der Waals surface area contributed by atoms with Crippen LogP contribution in [0.15, 0.2) is 18.2 Å². The maximum absolute atomic E-state index is 14.1. The molecular weight excluding hydrogens is 229 g/mol. The molecule has 2 aliphatic rings. The summed E-state index contributed by atoms with van der Waals surface area (Å²) in [5.74, 6) is 0.177. The smallest absolute Gasteiger partial charge is 0.168 e. The molecule has 98 valence electrons. The number of methoxy groups -OCH3 is 1. The third-order valence-corrected chi connectivity index (χ3v) is 4.13. The topological polar surface area (TPSA) is 21.3 Å². The Hall–Kier alpha value is -1.09. The Kier molecular flexibility index (Phi) is 3.02. The van der Waals surface area contributed by atoms with Crippen LogP contribution in [0.4, 0.5) is 4.39 Å². The van der Waals surface area contributed by atoms with Gasteiger partial charge in [-0.3, -0.25) is 0 Å². The van der Waals surface area contributed by atoms with Crippen LogP contribution in [0.25, 0.3) is 0 Å². The molecule has 0 heterocycles. The quantitative estimate of drug-likeness (QED) is 0.837. The molecule has 18 heavy (non-hydrogen) atoms. The zero-order valence-corrected chi connectivity index (χ0v) is 10.8. The number of hydrogen-bond acceptors (Lipinski definition) is 2. The molecule has 1 aromatic rings. The second-order valence-electron chi connectivity index (χ2n) is 5.77. The molecule has 1 N–H and O–H groups in total. The minimum Gasteiger partial charge on any atom is -0.494 e. The summed E-state index contributed by atoms with van der Waals surface area (Å²) in [6.07, 6.45) is 5.87. The average molecular weight is 249 g/mol. The molecule has 0 saturated heterocycles. The van der Waals surface area contributed by atoms with Crippen molar-refractivity contribution in [1.29, 1.82) is 0 Å². The summed E-state index contributed by atoms with van der Waals surface area (Å²) in [6, 6.07) is 6.18. The van der Waals surface area contributed by atoms with Crippen LogP contribution in [0.3, 0.4) is 0 Å². The summed E-state index contributed by atoms with van der Waals surface area (Å²) in [4.78, 5) is 0. The van der Waals surface area contributed by atoms with E-state index >= 15 is 0 Å². The van der Waals surface area contributed by atoms with E-state index in [0.29, 0.717) is 11.2 Å². The Morgan fingerprint density at radius 2 is 2.17 bits per heavy atom. The van der Waals surface area contributed by atoms with Gasteiger partial charge >= 0.3 is 0 Å². The third kappa shape index (κ3) is 2.51. The van der Waals surface area contributed by atoms with Gasteiger partial charge in [0.2, 0.25) is 0 Å². The van der Waals surface area contributed by atoms with Crippen LogP contribution in [0.5, 0.6) is 5.75 Å². The molecule has 0 aliphatic heterocycles. The molecule has 3 rings (SSSR count). The predicted octanol–water partition coefficient (Wildman–Crippen LogP) is 2.91. The zero-order chi connectivity index (χ0) is 12.6. The maximum Gasteiger partial charge on any atom is 0.168 e. The van der Waals surface area contributed by atoms with E-state index in [4.69, 9.17) is 4.74 Å². The van der Waals surface area contributed by atoms with Gasteiger partial charge in [0.05, 0.1) is 7.11 Å². The van der Waals surface area contributed by atoms with Gasteiger partial charge in [-0.1, -0.05) is 12.1 Å². The van der Waals surface area contributed by atoms with Gasteiger partial charge in [-0.25, -0.2) is 4.39 Å². The lowest BCUT2D eigenvalue weighted by Crippen LogP contribution is -2.27. The standard InChI is InChI=1S/C15H20FNO/c1-18-13-4-2-3-11(14(13)16)9-15(7-8-15)10-17-12-5-6-12/h2-4,12,17H,5-10H2,1H3. The Balaban J connectivity index is 1.67. The molecule has 0 unspecified atom stereocenters. The highest BCUT2D eigenvalue weighted by Crippen LogP contribution is 2.48. The summed E-state index contributed by atoms with van der Waals surface area (Å²) in [5.41, 5.74) is 1.10. The van der Waals surface area contributed by atoms with Gasteiger partial charge in [0, 0.05) is 12.6 Å². The summed E-state index contributed by atoms with van der Waals surface area (Å²) in [7, 11) is 1.52. The predicted molar refractivity (Wildman–Crippen MR) is 69.3 cm³/mol. The fourth-order valence-corrected chi connectivity index (χ4v) is 2.50. The normalized spacial score (nSPS) is 20.8. The average Bonchev–Trinajstić information content (AvgIpc) is 3.25. The fraction of sp³-hybridized carbons (Fsp3) is 0.600. The Morgan fingerprint density at radius 3 is 2.78 bits per heavy atom. The van der Waals surface area contributed by atoms with Crippen LogP contribution < -0.4 is 10.1 Å². The number of rotatable bonds is 6. The molecule has 0 spiro atoms. The van der Waals surface area contributed by atoms with Gasteiger partial charge in [-0.05, 0) is 49.1 Å². The molecule has 0 atom stereocenters. The number of benzene rings is 1. The highest BCUT2D eigenvalue weighted by Gasteiger charge is 2.43. The van der Waals surface area contributed by atoms with Gasteiger partial charge in [-0.2, -0.15) is 0 Å². The summed E-state index contributed by atoms with van der Waals surface area (Å²) in [6.45, 7) is 1.04. The number of halogens is 1. The highest BCUT2D eigenvalue weighted by molar-refractivity contribution is 5.32. The van der Waals surface area contributed by atoms with Crippen LogP contribution in [0, 0.1) is 11.2 Å². The fourth-order valence-electron chi connectivity index (χ4n) is 2.50. The van der Waals surface area contributed by atoms with E-state index in [9.17, 15) is 4.39 Å². The first kappa shape index (κ1) is 12.0. The summed E-state index contributed by atoms with van der Waals surface area (Å²) < 4.78 is 19.1. The molecule has 0 amide bonds. The van der Waals surface area contributed by atoms with Gasteiger partial charge in [-0.15, -0.1) is 0 Å². The van der Waals surface area contributed by atoms with Crippen LogP contribution in [-0.2, 0) is 6.42 Å². The highest BCUT2D eigenvalue weighted by atomic mass is 19.1. The zero-order valence-electron chi connectivity index (χ0n) is 10.8. The first-order chi connectivity index (χ1) is 8.72. The number of ether oxygens (including phenoxy) is 1. The maximum atomic E-state index is 14.1. The molecule has 3 heteroatoms. The summed E-state index contributed by atoms with van der Waals surface area (Å²) in [5, 5.41) is 3.57. The monoisotopic (exact) mass is 249 g/mol. The lowest BCUT2D eigenvalue weighted by Gasteiger charge is -2.17. The van der Waals surface area contributed by atoms with Crippen LogP contribution in [0.2, 0.25) is 0 Å². The van der Waals surface area contributed by atoms with Crippen LogP contribution in [0.1, 0.15) is 31.2 Å². The number of hydrogen-bond donors (Lipinski definition) is 1. The molecule has 0 bridgehead atoms. The molecule has 0 aromatic heterocycles. The van der Waals surface area contributed by atoms with Gasteiger partial charge in [0.1, 0.15) is 0 Å². The number of nitrogens with one attached hydrogen (secondary N) is 1. The van der Waals surface area contributed by atoms with Crippen molar-refractivity contribution in [3.8, 4) is 5.75 Å². The van der Waals surface area contributed by atoms with Gasteiger partial charge < -0.3 is 10.1 Å². The molecule has 2 aliphatic carbocycles. The SMILES string of the molecule is COc1cccc(CC2(CNC3CC3)CC2)c1F. The van der Waals surface area contributed by atoms with Gasteiger partial charge in [0.15, 0.2) is 11.6 Å². The lowest BCUT2D eigenvalue weighted by atomic mass is 9.95. The molecule has 0 radical (unpaired) electrons. The summed E-state index contributed by atoms with van der Waals surface area (Å²) >= 11 is 0. The molecule has 2 saturated carbocycles. The minimum absolute atomic E-state index is 0.183. The first-order valence-electron chi connectivity index (χ1n) is 6.77. The van der Waals surface area contributed by atoms with Crippen LogP contribution in [-0.4, -0.2) is 19.7 Å². The first-order valence-corrected chi connectivity index (χ1v) is 6.77. The van der Waals surface area contributed by atoms with Crippen molar-refractivity contribution in [3.05, 3.63) is 29.6 Å². The minimum atomic E-state index is -0.183. The van der Waals surface area contributed by atoms with E-state index in [1.807, 2.05) is 12.1 Å². The third-order valence-electron chi connectivity index (χ3n) is 4.13. The van der Waals surface area contributed by atoms with Crippen molar-refractivity contribution in [2.45, 2.75) is 38.1 Å². The van der Waals surface area contributed by atoms with E-state index < -0.39 is 0 Å². The van der Waals surface area contributed by atoms with E-state index in [1.165, 1.54) is 32.8 Å². The van der Waals surface area contributed by atoms with Crippen molar-refractivity contribution < 1.29 is 9.13 Å². The largest absolute Gasteiger partial charge is 0.494 e. The second-order valence-corrected chi connectivity index (χ2v) is 5.77. The van der Waals surface area contributed by atoms with Crippen molar-refractivity contribution >= 4 is 0 Å². The van der Waals surface area contributed by atoms with Crippen molar-refractivity contribution in [1.82, 2.24) is 5.32 Å². The molecule has 2 nitrogen and oxygen atoms in total. The van der Waals surface area contributed by atoms with E-state index in [0.717, 1.165) is 24.6 Å². The Morgan fingerprint density at radius 1 is 1.39 bits per heavy atom. The van der Waals surface area contributed by atoms with Crippen molar-refractivity contribution in [2.24, 2.45) is 5.41 Å². The molecule has 2 fully saturated rings. The van der Waals surface area contributed by atoms with E-state index in [-0.39, 0.29) is 5.82 Å². The van der Waals surface area contributed by atoms with Crippen molar-refractivity contribution in [3.63, 3.8) is 0 Å². The van der Waals surface area contributed by atoms with Crippen LogP contribution >= 0.6 is 0 Å². The second kappa shape index (κ2) is 4.54. The molecule has 1 aromatic carbocycles.